The number of rotatable bonds is 3. The highest BCUT2D eigenvalue weighted by molar-refractivity contribution is 7.91. The van der Waals surface area contributed by atoms with Gasteiger partial charge in [-0.15, -0.1) is 0 Å². The van der Waals surface area contributed by atoms with Crippen molar-refractivity contribution in [2.45, 2.75) is 17.6 Å². The van der Waals surface area contributed by atoms with Crippen LogP contribution in [-0.2, 0) is 15.6 Å². The molecule has 0 atom stereocenters. The lowest BCUT2D eigenvalue weighted by atomic mass is 10.1. The molecule has 2 rings (SSSR count). The first-order chi connectivity index (χ1) is 9.31. The maximum Gasteiger partial charge on any atom is 0.186 e. The van der Waals surface area contributed by atoms with Crippen LogP contribution in [-0.4, -0.2) is 8.42 Å². The van der Waals surface area contributed by atoms with Gasteiger partial charge in [-0.3, -0.25) is 0 Å². The van der Waals surface area contributed by atoms with E-state index in [0.29, 0.717) is 11.1 Å². The van der Waals surface area contributed by atoms with Crippen LogP contribution in [0.1, 0.15) is 11.1 Å². The number of hydrogen-bond acceptors (Lipinski definition) is 3. The second kappa shape index (κ2) is 5.42. The Bertz CT molecular complexity index is 740. The summed E-state index contributed by atoms with van der Waals surface area (Å²) >= 11 is 5.92. The molecule has 0 unspecified atom stereocenters. The van der Waals surface area contributed by atoms with Crippen LogP contribution in [0.15, 0.2) is 41.3 Å². The summed E-state index contributed by atoms with van der Waals surface area (Å²) in [6, 6.07) is 8.54. The van der Waals surface area contributed by atoms with Gasteiger partial charge in [-0.05, 0) is 42.3 Å². The second-order valence-corrected chi connectivity index (χ2v) is 6.82. The van der Waals surface area contributed by atoms with E-state index in [1.165, 1.54) is 30.3 Å². The molecule has 106 valence electrons. The molecule has 0 spiro atoms. The zero-order valence-electron chi connectivity index (χ0n) is 10.7. The standard InChI is InChI=1S/C14H13ClFNO2S/c1-9-5-6-11(16)7-10(9)8-20(18,19)14-12(15)3-2-4-13(14)17/h2-7H,8,17H2,1H3. The van der Waals surface area contributed by atoms with Crippen molar-refractivity contribution in [2.24, 2.45) is 0 Å². The SMILES string of the molecule is Cc1ccc(F)cc1CS(=O)(=O)c1c(N)cccc1Cl. The monoisotopic (exact) mass is 313 g/mol. The van der Waals surface area contributed by atoms with E-state index in [2.05, 4.69) is 0 Å². The van der Waals surface area contributed by atoms with E-state index in [-0.39, 0.29) is 21.4 Å². The number of anilines is 1. The summed E-state index contributed by atoms with van der Waals surface area (Å²) in [7, 11) is -3.74. The van der Waals surface area contributed by atoms with E-state index >= 15 is 0 Å². The maximum absolute atomic E-state index is 13.2. The highest BCUT2D eigenvalue weighted by atomic mass is 35.5. The fraction of sp³-hybridized carbons (Fsp3) is 0.143. The average molecular weight is 314 g/mol. The van der Waals surface area contributed by atoms with Crippen molar-refractivity contribution in [3.05, 3.63) is 58.4 Å². The van der Waals surface area contributed by atoms with E-state index in [1.54, 1.807) is 13.0 Å². The molecule has 0 aliphatic rings. The number of benzene rings is 2. The van der Waals surface area contributed by atoms with Crippen molar-refractivity contribution in [1.29, 1.82) is 0 Å². The smallest absolute Gasteiger partial charge is 0.186 e. The predicted octanol–water partition coefficient (Wildman–Crippen LogP) is 3.34. The van der Waals surface area contributed by atoms with E-state index in [1.807, 2.05) is 0 Å². The molecule has 20 heavy (non-hydrogen) atoms. The Labute approximate surface area is 122 Å². The van der Waals surface area contributed by atoms with E-state index < -0.39 is 15.7 Å². The van der Waals surface area contributed by atoms with Gasteiger partial charge in [0.15, 0.2) is 9.84 Å². The number of aryl methyl sites for hydroxylation is 1. The molecule has 2 aromatic carbocycles. The second-order valence-electron chi connectivity index (χ2n) is 4.49. The predicted molar refractivity (Wildman–Crippen MR) is 77.9 cm³/mol. The average Bonchev–Trinajstić information content (AvgIpc) is 2.33. The largest absolute Gasteiger partial charge is 0.398 e. The Morgan fingerprint density at radius 3 is 2.60 bits per heavy atom. The molecule has 0 aliphatic carbocycles. The van der Waals surface area contributed by atoms with Crippen molar-refractivity contribution in [3.63, 3.8) is 0 Å². The Hall–Kier alpha value is -1.59. The van der Waals surface area contributed by atoms with Gasteiger partial charge in [-0.1, -0.05) is 23.7 Å². The lowest BCUT2D eigenvalue weighted by Gasteiger charge is -2.11. The van der Waals surface area contributed by atoms with Gasteiger partial charge in [0.1, 0.15) is 10.7 Å². The number of sulfone groups is 1. The van der Waals surface area contributed by atoms with E-state index in [0.717, 1.165) is 0 Å². The zero-order chi connectivity index (χ0) is 14.9. The van der Waals surface area contributed by atoms with Crippen LogP contribution in [0.25, 0.3) is 0 Å². The van der Waals surface area contributed by atoms with E-state index in [9.17, 15) is 12.8 Å². The fourth-order valence-corrected chi connectivity index (χ4v) is 4.12. The first kappa shape index (κ1) is 14.8. The van der Waals surface area contributed by atoms with Crippen LogP contribution in [0, 0.1) is 12.7 Å². The third-order valence-corrected chi connectivity index (χ3v) is 5.16. The molecule has 0 radical (unpaired) electrons. The van der Waals surface area contributed by atoms with Gasteiger partial charge in [0, 0.05) is 0 Å². The summed E-state index contributed by atoms with van der Waals surface area (Å²) in [6.07, 6.45) is 0. The molecular formula is C14H13ClFNO2S. The van der Waals surface area contributed by atoms with Crippen molar-refractivity contribution in [1.82, 2.24) is 0 Å². The molecule has 2 N–H and O–H groups in total. The molecule has 3 nitrogen and oxygen atoms in total. The summed E-state index contributed by atoms with van der Waals surface area (Å²) in [6.45, 7) is 1.72. The summed E-state index contributed by atoms with van der Waals surface area (Å²) < 4.78 is 38.1. The summed E-state index contributed by atoms with van der Waals surface area (Å²) in [5, 5.41) is 0.0686. The lowest BCUT2D eigenvalue weighted by Crippen LogP contribution is -2.09. The summed E-state index contributed by atoms with van der Waals surface area (Å²) in [4.78, 5) is -0.106. The minimum Gasteiger partial charge on any atom is -0.398 e. The molecule has 2 aromatic rings. The first-order valence-electron chi connectivity index (χ1n) is 5.83. The number of nitrogens with two attached hydrogens (primary N) is 1. The van der Waals surface area contributed by atoms with Crippen molar-refractivity contribution in [3.8, 4) is 0 Å². The van der Waals surface area contributed by atoms with Crippen LogP contribution in [0.3, 0.4) is 0 Å². The van der Waals surface area contributed by atoms with Gasteiger partial charge in [0.2, 0.25) is 0 Å². The summed E-state index contributed by atoms with van der Waals surface area (Å²) in [5.41, 5.74) is 6.87. The van der Waals surface area contributed by atoms with E-state index in [4.69, 9.17) is 17.3 Å². The van der Waals surface area contributed by atoms with Gasteiger partial charge < -0.3 is 5.73 Å². The molecule has 0 aromatic heterocycles. The van der Waals surface area contributed by atoms with Crippen LogP contribution in [0.2, 0.25) is 5.02 Å². The zero-order valence-corrected chi connectivity index (χ0v) is 12.3. The van der Waals surface area contributed by atoms with Crippen molar-refractivity contribution >= 4 is 27.1 Å². The van der Waals surface area contributed by atoms with Gasteiger partial charge in [0.05, 0.1) is 16.5 Å². The minimum absolute atomic E-state index is 0.0686. The Balaban J connectivity index is 2.49. The van der Waals surface area contributed by atoms with Gasteiger partial charge in [-0.25, -0.2) is 12.8 Å². The Morgan fingerprint density at radius 1 is 1.25 bits per heavy atom. The highest BCUT2D eigenvalue weighted by Crippen LogP contribution is 2.30. The molecular weight excluding hydrogens is 301 g/mol. The van der Waals surface area contributed by atoms with Crippen LogP contribution < -0.4 is 5.73 Å². The minimum atomic E-state index is -3.74. The third kappa shape index (κ3) is 2.94. The van der Waals surface area contributed by atoms with Crippen LogP contribution >= 0.6 is 11.6 Å². The fourth-order valence-electron chi connectivity index (χ4n) is 1.93. The molecule has 6 heteroatoms. The number of halogens is 2. The van der Waals surface area contributed by atoms with Gasteiger partial charge in [0.25, 0.3) is 0 Å². The molecule has 0 saturated heterocycles. The van der Waals surface area contributed by atoms with Crippen LogP contribution in [0.4, 0.5) is 10.1 Å². The molecule has 0 bridgehead atoms. The molecule has 0 saturated carbocycles. The molecule has 0 heterocycles. The number of hydrogen-bond donors (Lipinski definition) is 1. The molecule has 0 amide bonds. The van der Waals surface area contributed by atoms with Crippen molar-refractivity contribution < 1.29 is 12.8 Å². The number of nitrogen functional groups attached to an aromatic ring is 1. The Kier molecular flexibility index (Phi) is 4.01. The topological polar surface area (TPSA) is 60.2 Å². The van der Waals surface area contributed by atoms with Crippen LogP contribution in [0.5, 0.6) is 0 Å². The molecule has 0 aliphatic heterocycles. The third-order valence-electron chi connectivity index (χ3n) is 2.97. The maximum atomic E-state index is 13.2. The molecule has 0 fully saturated rings. The highest BCUT2D eigenvalue weighted by Gasteiger charge is 2.22. The lowest BCUT2D eigenvalue weighted by molar-refractivity contribution is 0.595. The Morgan fingerprint density at radius 2 is 1.95 bits per heavy atom. The first-order valence-corrected chi connectivity index (χ1v) is 7.86. The van der Waals surface area contributed by atoms with Crippen molar-refractivity contribution in [2.75, 3.05) is 5.73 Å². The summed E-state index contributed by atoms with van der Waals surface area (Å²) in [5.74, 6) is -0.821. The quantitative estimate of drug-likeness (QED) is 0.884. The normalized spacial score (nSPS) is 11.6. The van der Waals surface area contributed by atoms with Gasteiger partial charge in [-0.2, -0.15) is 0 Å². The van der Waals surface area contributed by atoms with Gasteiger partial charge >= 0.3 is 0 Å².